The zero-order valence-electron chi connectivity index (χ0n) is 16.8. The van der Waals surface area contributed by atoms with Crippen LogP contribution in [-0.2, 0) is 11.2 Å². The number of hydrogen-bond acceptors (Lipinski definition) is 4. The normalized spacial score (nSPS) is 19.1. The van der Waals surface area contributed by atoms with Gasteiger partial charge in [0, 0.05) is 37.2 Å². The number of fused-ring (bicyclic) bond motifs is 1. The number of ether oxygens (including phenoxy) is 1. The fourth-order valence-electron chi connectivity index (χ4n) is 4.37. The predicted octanol–water partition coefficient (Wildman–Crippen LogP) is 3.72. The van der Waals surface area contributed by atoms with E-state index in [2.05, 4.69) is 34.7 Å². The molecule has 1 aromatic heterocycles. The fourth-order valence-corrected chi connectivity index (χ4v) is 4.37. The molecule has 1 amide bonds. The van der Waals surface area contributed by atoms with Crippen LogP contribution in [-0.4, -0.2) is 46.0 Å². The van der Waals surface area contributed by atoms with E-state index < -0.39 is 0 Å². The van der Waals surface area contributed by atoms with Crippen molar-refractivity contribution < 1.29 is 9.53 Å². The van der Waals surface area contributed by atoms with Crippen LogP contribution in [0.2, 0.25) is 0 Å². The Bertz CT molecular complexity index is 1040. The lowest BCUT2D eigenvalue weighted by atomic mass is 9.99. The Kier molecular flexibility index (Phi) is 4.70. The average Bonchev–Trinajstić information content (AvgIpc) is 3.27. The summed E-state index contributed by atoms with van der Waals surface area (Å²) in [6.07, 6.45) is 6.65. The molecular weight excluding hydrogens is 364 g/mol. The van der Waals surface area contributed by atoms with Crippen molar-refractivity contribution in [2.24, 2.45) is 0 Å². The molecule has 6 heteroatoms. The number of likely N-dealkylation sites (tertiary alicyclic amines) is 1. The number of aryl methyl sites for hydroxylation is 1. The van der Waals surface area contributed by atoms with Gasteiger partial charge in [0.15, 0.2) is 0 Å². The van der Waals surface area contributed by atoms with Crippen LogP contribution in [0.4, 0.5) is 0 Å². The highest BCUT2D eigenvalue weighted by atomic mass is 16.5. The number of methoxy groups -OCH3 is 1. The van der Waals surface area contributed by atoms with E-state index in [1.165, 1.54) is 18.2 Å². The first-order valence-corrected chi connectivity index (χ1v) is 10.5. The van der Waals surface area contributed by atoms with Crippen molar-refractivity contribution in [3.05, 3.63) is 53.9 Å². The van der Waals surface area contributed by atoms with Gasteiger partial charge in [0.05, 0.1) is 18.8 Å². The molecule has 1 aliphatic carbocycles. The van der Waals surface area contributed by atoms with Crippen LogP contribution < -0.4 is 4.74 Å². The number of amides is 1. The molecule has 29 heavy (non-hydrogen) atoms. The number of nitrogens with zero attached hydrogens (tertiary/aromatic N) is 4. The third-order valence-electron chi connectivity index (χ3n) is 6.22. The molecular formula is C23H26N4O2. The summed E-state index contributed by atoms with van der Waals surface area (Å²) in [6.45, 7) is 1.51. The first kappa shape index (κ1) is 18.2. The zero-order valence-corrected chi connectivity index (χ0v) is 16.8. The highest BCUT2D eigenvalue weighted by molar-refractivity contribution is 5.88. The smallest absolute Gasteiger partial charge is 0.222 e. The van der Waals surface area contributed by atoms with Crippen LogP contribution in [0.5, 0.6) is 5.75 Å². The third-order valence-corrected chi connectivity index (χ3v) is 6.22. The SMILES string of the molecule is COc1ccc2ccccc2c1CCC(=O)N1CCC(n2cc(C3CC3)nn2)C1. The van der Waals surface area contributed by atoms with E-state index in [1.807, 2.05) is 27.8 Å². The largest absolute Gasteiger partial charge is 0.496 e. The standard InChI is InChI=1S/C23H26N4O2/c1-29-22-10-8-16-4-2-3-5-19(16)20(22)9-11-23(28)26-13-12-18(14-26)27-15-21(24-25-27)17-6-7-17/h2-5,8,10,15,17-18H,6-7,9,11-14H2,1H3. The van der Waals surface area contributed by atoms with Gasteiger partial charge in [-0.3, -0.25) is 4.79 Å². The van der Waals surface area contributed by atoms with Crippen molar-refractivity contribution in [2.75, 3.05) is 20.2 Å². The van der Waals surface area contributed by atoms with Gasteiger partial charge in [-0.25, -0.2) is 4.68 Å². The van der Waals surface area contributed by atoms with Crippen molar-refractivity contribution in [2.45, 2.75) is 44.1 Å². The molecule has 5 rings (SSSR count). The minimum atomic E-state index is 0.199. The Hall–Kier alpha value is -2.89. The summed E-state index contributed by atoms with van der Waals surface area (Å²) in [5.74, 6) is 1.66. The Labute approximate surface area is 170 Å². The minimum Gasteiger partial charge on any atom is -0.496 e. The first-order chi connectivity index (χ1) is 14.2. The molecule has 2 aromatic carbocycles. The lowest BCUT2D eigenvalue weighted by Crippen LogP contribution is -2.29. The second-order valence-corrected chi connectivity index (χ2v) is 8.15. The summed E-state index contributed by atoms with van der Waals surface area (Å²) in [5, 5.41) is 11.0. The molecule has 2 fully saturated rings. The number of rotatable bonds is 6. The summed E-state index contributed by atoms with van der Waals surface area (Å²) in [5.41, 5.74) is 2.22. The Morgan fingerprint density at radius 2 is 2.03 bits per heavy atom. The highest BCUT2D eigenvalue weighted by Gasteiger charge is 2.31. The zero-order chi connectivity index (χ0) is 19.8. The minimum absolute atomic E-state index is 0.199. The van der Waals surface area contributed by atoms with E-state index in [0.717, 1.165) is 41.9 Å². The third kappa shape index (κ3) is 3.59. The van der Waals surface area contributed by atoms with Gasteiger partial charge < -0.3 is 9.64 Å². The Balaban J connectivity index is 1.25. The molecule has 150 valence electrons. The lowest BCUT2D eigenvalue weighted by molar-refractivity contribution is -0.130. The van der Waals surface area contributed by atoms with E-state index in [0.29, 0.717) is 18.8 Å². The van der Waals surface area contributed by atoms with E-state index >= 15 is 0 Å². The van der Waals surface area contributed by atoms with Gasteiger partial charge in [0.25, 0.3) is 0 Å². The summed E-state index contributed by atoms with van der Waals surface area (Å²) in [4.78, 5) is 14.9. The van der Waals surface area contributed by atoms with E-state index in [-0.39, 0.29) is 11.9 Å². The molecule has 0 N–H and O–H groups in total. The molecule has 6 nitrogen and oxygen atoms in total. The lowest BCUT2D eigenvalue weighted by Gasteiger charge is -2.18. The molecule has 0 radical (unpaired) electrons. The number of carbonyl (C=O) groups is 1. The van der Waals surface area contributed by atoms with Gasteiger partial charge in [-0.2, -0.15) is 0 Å². The second-order valence-electron chi connectivity index (χ2n) is 8.15. The predicted molar refractivity (Wildman–Crippen MR) is 111 cm³/mol. The Morgan fingerprint density at radius 3 is 2.86 bits per heavy atom. The number of carbonyl (C=O) groups excluding carboxylic acids is 1. The average molecular weight is 390 g/mol. The van der Waals surface area contributed by atoms with Gasteiger partial charge >= 0.3 is 0 Å². The summed E-state index contributed by atoms with van der Waals surface area (Å²) < 4.78 is 7.54. The van der Waals surface area contributed by atoms with Crippen LogP contribution in [0.1, 0.15) is 48.9 Å². The topological polar surface area (TPSA) is 60.2 Å². The summed E-state index contributed by atoms with van der Waals surface area (Å²) >= 11 is 0. The highest BCUT2D eigenvalue weighted by Crippen LogP contribution is 2.39. The van der Waals surface area contributed by atoms with Crippen LogP contribution in [0, 0.1) is 0 Å². The maximum atomic E-state index is 12.9. The van der Waals surface area contributed by atoms with Crippen molar-refractivity contribution in [3.8, 4) is 5.75 Å². The quantitative estimate of drug-likeness (QED) is 0.644. The maximum absolute atomic E-state index is 12.9. The van der Waals surface area contributed by atoms with Crippen LogP contribution in [0.25, 0.3) is 10.8 Å². The van der Waals surface area contributed by atoms with E-state index in [9.17, 15) is 4.79 Å². The van der Waals surface area contributed by atoms with Gasteiger partial charge in [-0.15, -0.1) is 5.10 Å². The molecule has 1 aliphatic heterocycles. The molecule has 3 aromatic rings. The van der Waals surface area contributed by atoms with Gasteiger partial charge in [0.1, 0.15) is 5.75 Å². The fraction of sp³-hybridized carbons (Fsp3) is 0.435. The maximum Gasteiger partial charge on any atom is 0.222 e. The van der Waals surface area contributed by atoms with Gasteiger partial charge in [-0.05, 0) is 42.5 Å². The van der Waals surface area contributed by atoms with Crippen LogP contribution in [0.15, 0.2) is 42.6 Å². The van der Waals surface area contributed by atoms with E-state index in [4.69, 9.17) is 4.74 Å². The van der Waals surface area contributed by atoms with Crippen molar-refractivity contribution in [1.29, 1.82) is 0 Å². The van der Waals surface area contributed by atoms with E-state index in [1.54, 1.807) is 7.11 Å². The number of benzene rings is 2. The molecule has 1 saturated carbocycles. The van der Waals surface area contributed by atoms with Crippen molar-refractivity contribution in [3.63, 3.8) is 0 Å². The molecule has 0 spiro atoms. The molecule has 1 atom stereocenters. The van der Waals surface area contributed by atoms with Crippen molar-refractivity contribution in [1.82, 2.24) is 19.9 Å². The first-order valence-electron chi connectivity index (χ1n) is 10.5. The second kappa shape index (κ2) is 7.50. The monoisotopic (exact) mass is 390 g/mol. The molecule has 2 heterocycles. The number of hydrogen-bond donors (Lipinski definition) is 0. The summed E-state index contributed by atoms with van der Waals surface area (Å²) in [6, 6.07) is 12.6. The molecule has 1 saturated heterocycles. The van der Waals surface area contributed by atoms with Crippen LogP contribution in [0.3, 0.4) is 0 Å². The molecule has 2 aliphatic rings. The molecule has 0 bridgehead atoms. The van der Waals surface area contributed by atoms with Gasteiger partial charge in [0.2, 0.25) is 5.91 Å². The Morgan fingerprint density at radius 1 is 1.17 bits per heavy atom. The summed E-state index contributed by atoms with van der Waals surface area (Å²) in [7, 11) is 1.69. The van der Waals surface area contributed by atoms with Crippen molar-refractivity contribution >= 4 is 16.7 Å². The molecule has 1 unspecified atom stereocenters. The van der Waals surface area contributed by atoms with Gasteiger partial charge in [-0.1, -0.05) is 35.5 Å². The van der Waals surface area contributed by atoms with Crippen LogP contribution >= 0.6 is 0 Å². The number of aromatic nitrogens is 3.